The van der Waals surface area contributed by atoms with Gasteiger partial charge in [-0.25, -0.2) is 0 Å². The molecule has 0 saturated carbocycles. The van der Waals surface area contributed by atoms with Crippen LogP contribution in [0.25, 0.3) is 0 Å². The number of carbonyl (C=O) groups is 1. The van der Waals surface area contributed by atoms with E-state index in [-0.39, 0.29) is 11.9 Å². The molecule has 4 heteroatoms. The van der Waals surface area contributed by atoms with E-state index in [1.165, 1.54) is 10.5 Å². The molecule has 0 aliphatic carbocycles. The Bertz CT molecular complexity index is 644. The summed E-state index contributed by atoms with van der Waals surface area (Å²) in [5.41, 5.74) is 1.92. The fourth-order valence-electron chi connectivity index (χ4n) is 2.36. The molecule has 1 heterocycles. The lowest BCUT2D eigenvalue weighted by atomic mass is 10.0. The number of hydrogen-bond acceptors (Lipinski definition) is 2. The third-order valence-corrected chi connectivity index (χ3v) is 4.97. The first kappa shape index (κ1) is 13.7. The molecule has 3 rings (SSSR count). The molecule has 2 aromatic rings. The number of hydrogen-bond donors (Lipinski definition) is 1. The van der Waals surface area contributed by atoms with Gasteiger partial charge in [0.05, 0.1) is 6.04 Å². The number of fused-ring (bicyclic) bond motifs is 1. The van der Waals surface area contributed by atoms with Crippen LogP contribution in [0.4, 0.5) is 0 Å². The van der Waals surface area contributed by atoms with Crippen molar-refractivity contribution in [3.05, 3.63) is 64.1 Å². The van der Waals surface area contributed by atoms with Gasteiger partial charge in [-0.1, -0.05) is 40.2 Å². The zero-order chi connectivity index (χ0) is 13.9. The fourth-order valence-corrected chi connectivity index (χ4v) is 3.89. The molecule has 0 radical (unpaired) electrons. The van der Waals surface area contributed by atoms with Gasteiger partial charge in [0.25, 0.3) is 5.91 Å². The Hall–Kier alpha value is -1.26. The SMILES string of the molecule is O=C(N[C@H]1CCSc2ccccc21)c1cccc(Br)c1. The molecule has 1 atom stereocenters. The second-order valence-corrected chi connectivity index (χ2v) is 6.76. The number of benzene rings is 2. The topological polar surface area (TPSA) is 29.1 Å². The summed E-state index contributed by atoms with van der Waals surface area (Å²) in [7, 11) is 0. The molecule has 0 saturated heterocycles. The maximum absolute atomic E-state index is 12.3. The third-order valence-electron chi connectivity index (χ3n) is 3.35. The Balaban J connectivity index is 1.81. The minimum atomic E-state index is -0.0157. The van der Waals surface area contributed by atoms with E-state index in [0.29, 0.717) is 5.56 Å². The fraction of sp³-hybridized carbons (Fsp3) is 0.188. The van der Waals surface area contributed by atoms with Gasteiger partial charge in [0.1, 0.15) is 0 Å². The zero-order valence-corrected chi connectivity index (χ0v) is 13.2. The van der Waals surface area contributed by atoms with Crippen LogP contribution in [0.5, 0.6) is 0 Å². The maximum atomic E-state index is 12.3. The number of nitrogens with one attached hydrogen (secondary N) is 1. The first-order chi connectivity index (χ1) is 9.74. The van der Waals surface area contributed by atoms with Crippen molar-refractivity contribution >= 4 is 33.6 Å². The maximum Gasteiger partial charge on any atom is 0.251 e. The van der Waals surface area contributed by atoms with E-state index in [2.05, 4.69) is 33.4 Å². The van der Waals surface area contributed by atoms with Gasteiger partial charge < -0.3 is 5.32 Å². The van der Waals surface area contributed by atoms with Crippen LogP contribution in [0.1, 0.15) is 28.4 Å². The zero-order valence-electron chi connectivity index (χ0n) is 10.8. The highest BCUT2D eigenvalue weighted by atomic mass is 79.9. The van der Waals surface area contributed by atoms with E-state index in [0.717, 1.165) is 16.6 Å². The molecule has 20 heavy (non-hydrogen) atoms. The Morgan fingerprint density at radius 3 is 2.90 bits per heavy atom. The van der Waals surface area contributed by atoms with Crippen LogP contribution >= 0.6 is 27.7 Å². The average Bonchev–Trinajstić information content (AvgIpc) is 2.47. The summed E-state index contributed by atoms with van der Waals surface area (Å²) < 4.78 is 0.921. The van der Waals surface area contributed by atoms with E-state index in [4.69, 9.17) is 0 Å². The van der Waals surface area contributed by atoms with Crippen molar-refractivity contribution in [2.75, 3.05) is 5.75 Å². The largest absolute Gasteiger partial charge is 0.345 e. The monoisotopic (exact) mass is 347 g/mol. The number of carbonyl (C=O) groups excluding carboxylic acids is 1. The number of amides is 1. The summed E-state index contributed by atoms with van der Waals surface area (Å²) >= 11 is 5.26. The highest BCUT2D eigenvalue weighted by molar-refractivity contribution is 9.10. The highest BCUT2D eigenvalue weighted by Crippen LogP contribution is 2.35. The van der Waals surface area contributed by atoms with Crippen molar-refractivity contribution in [1.82, 2.24) is 5.32 Å². The van der Waals surface area contributed by atoms with Crippen LogP contribution in [0.3, 0.4) is 0 Å². The molecule has 2 aromatic carbocycles. The van der Waals surface area contributed by atoms with Gasteiger partial charge in [-0.3, -0.25) is 4.79 Å². The summed E-state index contributed by atoms with van der Waals surface area (Å²) in [6.45, 7) is 0. The molecule has 0 aromatic heterocycles. The standard InChI is InChI=1S/C16H14BrNOS/c17-12-5-3-4-11(10-12)16(19)18-14-8-9-20-15-7-2-1-6-13(14)15/h1-7,10,14H,8-9H2,(H,18,19)/t14-/m0/s1. The van der Waals surface area contributed by atoms with Gasteiger partial charge in [-0.15, -0.1) is 11.8 Å². The molecule has 1 amide bonds. The molecule has 0 bridgehead atoms. The molecule has 0 unspecified atom stereocenters. The van der Waals surface area contributed by atoms with Gasteiger partial charge >= 0.3 is 0 Å². The summed E-state index contributed by atoms with van der Waals surface area (Å²) in [6.07, 6.45) is 0.974. The molecular weight excluding hydrogens is 334 g/mol. The lowest BCUT2D eigenvalue weighted by Gasteiger charge is -2.25. The van der Waals surface area contributed by atoms with Crippen molar-refractivity contribution in [3.63, 3.8) is 0 Å². The van der Waals surface area contributed by atoms with Crippen molar-refractivity contribution in [2.24, 2.45) is 0 Å². The molecular formula is C16H14BrNOS. The van der Waals surface area contributed by atoms with Gasteiger partial charge in [-0.2, -0.15) is 0 Å². The van der Waals surface area contributed by atoms with E-state index >= 15 is 0 Å². The Morgan fingerprint density at radius 1 is 1.20 bits per heavy atom. The van der Waals surface area contributed by atoms with Crippen LogP contribution in [0, 0.1) is 0 Å². The van der Waals surface area contributed by atoms with Crippen LogP contribution < -0.4 is 5.32 Å². The minimum absolute atomic E-state index is 0.0157. The summed E-state index contributed by atoms with van der Waals surface area (Å²) in [5, 5.41) is 3.15. The molecule has 1 N–H and O–H groups in total. The molecule has 0 spiro atoms. The van der Waals surface area contributed by atoms with Gasteiger partial charge in [0.2, 0.25) is 0 Å². The van der Waals surface area contributed by atoms with Crippen molar-refractivity contribution in [3.8, 4) is 0 Å². The molecule has 0 fully saturated rings. The Kier molecular flexibility index (Phi) is 4.13. The lowest BCUT2D eigenvalue weighted by molar-refractivity contribution is 0.0935. The minimum Gasteiger partial charge on any atom is -0.345 e. The summed E-state index contributed by atoms with van der Waals surface area (Å²) in [5.74, 6) is 1.03. The van der Waals surface area contributed by atoms with Crippen molar-refractivity contribution in [2.45, 2.75) is 17.4 Å². The van der Waals surface area contributed by atoms with Crippen molar-refractivity contribution < 1.29 is 4.79 Å². The normalized spacial score (nSPS) is 17.4. The lowest BCUT2D eigenvalue weighted by Crippen LogP contribution is -2.30. The van der Waals surface area contributed by atoms with Crippen LogP contribution in [0.2, 0.25) is 0 Å². The van der Waals surface area contributed by atoms with Crippen LogP contribution in [-0.2, 0) is 0 Å². The second kappa shape index (κ2) is 6.02. The van der Waals surface area contributed by atoms with E-state index < -0.39 is 0 Å². The third kappa shape index (κ3) is 2.91. The van der Waals surface area contributed by atoms with Gasteiger partial charge in [-0.05, 0) is 36.2 Å². The highest BCUT2D eigenvalue weighted by Gasteiger charge is 2.22. The number of rotatable bonds is 2. The van der Waals surface area contributed by atoms with Crippen LogP contribution in [-0.4, -0.2) is 11.7 Å². The predicted octanol–water partition coefficient (Wildman–Crippen LogP) is 4.42. The average molecular weight is 348 g/mol. The number of halogens is 1. The van der Waals surface area contributed by atoms with Gasteiger partial charge in [0.15, 0.2) is 0 Å². The predicted molar refractivity (Wildman–Crippen MR) is 86.1 cm³/mol. The Morgan fingerprint density at radius 2 is 2.05 bits per heavy atom. The quantitative estimate of drug-likeness (QED) is 0.871. The van der Waals surface area contributed by atoms with E-state index in [1.807, 2.05) is 48.2 Å². The first-order valence-corrected chi connectivity index (χ1v) is 8.30. The first-order valence-electron chi connectivity index (χ1n) is 6.52. The molecule has 2 nitrogen and oxygen atoms in total. The van der Waals surface area contributed by atoms with E-state index in [9.17, 15) is 4.79 Å². The smallest absolute Gasteiger partial charge is 0.251 e. The van der Waals surface area contributed by atoms with Crippen LogP contribution in [0.15, 0.2) is 57.9 Å². The molecule has 102 valence electrons. The Labute approximate surface area is 131 Å². The second-order valence-electron chi connectivity index (χ2n) is 4.71. The van der Waals surface area contributed by atoms with Crippen molar-refractivity contribution in [1.29, 1.82) is 0 Å². The van der Waals surface area contributed by atoms with E-state index in [1.54, 1.807) is 0 Å². The molecule has 1 aliphatic rings. The summed E-state index contributed by atoms with van der Waals surface area (Å²) in [4.78, 5) is 13.6. The molecule has 1 aliphatic heterocycles. The number of thioether (sulfide) groups is 1. The summed E-state index contributed by atoms with van der Waals surface area (Å²) in [6, 6.07) is 15.9. The van der Waals surface area contributed by atoms with Gasteiger partial charge in [0, 0.05) is 20.7 Å².